The van der Waals surface area contributed by atoms with Crippen LogP contribution in [-0.4, -0.2) is 47.7 Å². The van der Waals surface area contributed by atoms with Gasteiger partial charge in [0.2, 0.25) is 0 Å². The lowest BCUT2D eigenvalue weighted by atomic mass is 9.82. The number of aromatic nitrogens is 2. The zero-order valence-corrected chi connectivity index (χ0v) is 19.4. The summed E-state index contributed by atoms with van der Waals surface area (Å²) in [5.74, 6) is 0.677. The van der Waals surface area contributed by atoms with Crippen LogP contribution in [0.15, 0.2) is 40.1 Å². The van der Waals surface area contributed by atoms with E-state index in [1.807, 2.05) is 12.1 Å². The van der Waals surface area contributed by atoms with Gasteiger partial charge in [0.15, 0.2) is 11.6 Å². The Hall–Kier alpha value is -2.45. The van der Waals surface area contributed by atoms with E-state index in [1.54, 1.807) is 10.8 Å². The number of hydrogen-bond acceptors (Lipinski definition) is 5. The number of nitrogens with one attached hydrogen (secondary N) is 2. The number of halogens is 1. The van der Waals surface area contributed by atoms with Gasteiger partial charge in [0.1, 0.15) is 0 Å². The Morgan fingerprint density at radius 2 is 1.88 bits per heavy atom. The second-order valence-corrected chi connectivity index (χ2v) is 9.65. The number of ether oxygens (including phenoxy) is 1. The highest BCUT2D eigenvalue weighted by atomic mass is 19.1. The second kappa shape index (κ2) is 10.7. The molecule has 1 aromatic heterocycles. The smallest absolute Gasteiger partial charge is 0.328 e. The first-order chi connectivity index (χ1) is 15.9. The molecule has 2 aromatic rings. The minimum atomic E-state index is -0.359. The van der Waals surface area contributed by atoms with Crippen molar-refractivity contribution in [2.24, 2.45) is 5.92 Å². The van der Waals surface area contributed by atoms with Crippen molar-refractivity contribution in [3.05, 3.63) is 62.7 Å². The molecule has 0 bridgehead atoms. The van der Waals surface area contributed by atoms with Gasteiger partial charge in [-0.3, -0.25) is 9.78 Å². The van der Waals surface area contributed by atoms with Gasteiger partial charge in [-0.25, -0.2) is 9.18 Å². The van der Waals surface area contributed by atoms with Crippen molar-refractivity contribution < 1.29 is 9.13 Å². The van der Waals surface area contributed by atoms with Gasteiger partial charge in [-0.1, -0.05) is 25.3 Å². The number of likely N-dealkylation sites (tertiary alicyclic amines) is 1. The van der Waals surface area contributed by atoms with Crippen molar-refractivity contribution in [3.63, 3.8) is 0 Å². The summed E-state index contributed by atoms with van der Waals surface area (Å²) >= 11 is 0. The molecule has 0 radical (unpaired) electrons. The third-order valence-corrected chi connectivity index (χ3v) is 6.67. The van der Waals surface area contributed by atoms with Crippen LogP contribution in [0.4, 0.5) is 4.39 Å². The summed E-state index contributed by atoms with van der Waals surface area (Å²) in [7, 11) is 2.10. The van der Waals surface area contributed by atoms with Crippen molar-refractivity contribution in [2.75, 3.05) is 33.3 Å². The lowest BCUT2D eigenvalue weighted by molar-refractivity contribution is 0.0627. The third-order valence-electron chi connectivity index (χ3n) is 6.67. The van der Waals surface area contributed by atoms with Gasteiger partial charge >= 0.3 is 5.69 Å². The van der Waals surface area contributed by atoms with Crippen molar-refractivity contribution in [1.82, 2.24) is 19.8 Å². The van der Waals surface area contributed by atoms with Crippen LogP contribution >= 0.6 is 0 Å². The van der Waals surface area contributed by atoms with E-state index in [-0.39, 0.29) is 22.6 Å². The highest BCUT2D eigenvalue weighted by Crippen LogP contribution is 2.35. The molecule has 1 aromatic carbocycles. The maximum absolute atomic E-state index is 14.2. The van der Waals surface area contributed by atoms with Gasteiger partial charge in [0.25, 0.3) is 5.56 Å². The van der Waals surface area contributed by atoms with E-state index < -0.39 is 0 Å². The number of rotatable bonds is 13. The average Bonchev–Trinajstić information content (AvgIpc) is 3.59. The van der Waals surface area contributed by atoms with Gasteiger partial charge in [-0.15, -0.1) is 0 Å². The van der Waals surface area contributed by atoms with Crippen LogP contribution in [0.1, 0.15) is 50.5 Å². The minimum Gasteiger partial charge on any atom is -0.490 e. The number of unbranched alkanes of at least 4 members (excludes halogenated alkanes) is 4. The molecule has 1 saturated heterocycles. The molecule has 0 spiro atoms. The predicted octanol–water partition coefficient (Wildman–Crippen LogP) is 2.85. The van der Waals surface area contributed by atoms with E-state index >= 15 is 0 Å². The largest absolute Gasteiger partial charge is 0.490 e. The molecule has 2 aliphatic rings. The molecule has 2 fully saturated rings. The summed E-state index contributed by atoms with van der Waals surface area (Å²) in [5.41, 5.74) is 0.247. The van der Waals surface area contributed by atoms with Gasteiger partial charge in [-0.2, -0.15) is 0 Å². The molecule has 0 atom stereocenters. The SMILES string of the molecule is CN1CC(NCCCCCCCn2ccc(=O)[nH]c2=O)(c2ccc(F)c(OCC3CC3)c2)C1. The van der Waals surface area contributed by atoms with Crippen LogP contribution in [-0.2, 0) is 12.1 Å². The number of hydrogen-bond donors (Lipinski definition) is 2. The predicted molar refractivity (Wildman–Crippen MR) is 126 cm³/mol. The van der Waals surface area contributed by atoms with E-state index in [9.17, 15) is 14.0 Å². The molecular weight excluding hydrogens is 423 g/mol. The Kier molecular flexibility index (Phi) is 7.65. The molecule has 4 rings (SSSR count). The molecule has 2 N–H and O–H groups in total. The van der Waals surface area contributed by atoms with Gasteiger partial charge < -0.3 is 19.5 Å². The average molecular weight is 459 g/mol. The Morgan fingerprint density at radius 1 is 1.12 bits per heavy atom. The van der Waals surface area contributed by atoms with E-state index in [4.69, 9.17) is 4.74 Å². The molecule has 1 saturated carbocycles. The molecule has 8 heteroatoms. The highest BCUT2D eigenvalue weighted by Gasteiger charge is 2.42. The normalized spacial score (nSPS) is 17.6. The minimum absolute atomic E-state index is 0.147. The van der Waals surface area contributed by atoms with Gasteiger partial charge in [0, 0.05) is 31.9 Å². The number of benzene rings is 1. The van der Waals surface area contributed by atoms with Crippen molar-refractivity contribution >= 4 is 0 Å². The maximum Gasteiger partial charge on any atom is 0.328 e. The molecular formula is C25H35FN4O3. The van der Waals surface area contributed by atoms with Gasteiger partial charge in [-0.05, 0) is 62.9 Å². The summed E-state index contributed by atoms with van der Waals surface area (Å²) in [6, 6.07) is 6.69. The topological polar surface area (TPSA) is 79.4 Å². The summed E-state index contributed by atoms with van der Waals surface area (Å²) in [4.78, 5) is 27.3. The highest BCUT2D eigenvalue weighted by molar-refractivity contribution is 5.37. The molecule has 180 valence electrons. The monoisotopic (exact) mass is 458 g/mol. The van der Waals surface area contributed by atoms with Crippen LogP contribution in [0.25, 0.3) is 0 Å². The Labute approximate surface area is 194 Å². The van der Waals surface area contributed by atoms with Crippen LogP contribution in [0.2, 0.25) is 0 Å². The fourth-order valence-electron chi connectivity index (χ4n) is 4.56. The van der Waals surface area contributed by atoms with E-state index in [0.717, 1.165) is 57.3 Å². The van der Waals surface area contributed by atoms with E-state index in [2.05, 4.69) is 22.2 Å². The molecule has 2 heterocycles. The molecule has 1 aliphatic heterocycles. The number of H-pyrrole nitrogens is 1. The first-order valence-corrected chi connectivity index (χ1v) is 12.1. The zero-order chi connectivity index (χ0) is 23.3. The number of aryl methyl sites for hydroxylation is 1. The van der Waals surface area contributed by atoms with E-state index in [0.29, 0.717) is 24.8 Å². The molecule has 0 unspecified atom stereocenters. The number of likely N-dealkylation sites (N-methyl/N-ethyl adjacent to an activating group) is 1. The fourth-order valence-corrected chi connectivity index (χ4v) is 4.56. The van der Waals surface area contributed by atoms with Crippen molar-refractivity contribution in [3.8, 4) is 5.75 Å². The summed E-state index contributed by atoms with van der Waals surface area (Å²) in [5, 5.41) is 3.73. The molecule has 7 nitrogen and oxygen atoms in total. The summed E-state index contributed by atoms with van der Waals surface area (Å²) in [6.07, 6.45) is 9.15. The van der Waals surface area contributed by atoms with Crippen molar-refractivity contribution in [1.29, 1.82) is 0 Å². The molecule has 1 aliphatic carbocycles. The quantitative estimate of drug-likeness (QED) is 0.451. The van der Waals surface area contributed by atoms with Crippen LogP contribution < -0.4 is 21.3 Å². The van der Waals surface area contributed by atoms with Gasteiger partial charge in [0.05, 0.1) is 12.1 Å². The van der Waals surface area contributed by atoms with Crippen LogP contribution in [0, 0.1) is 11.7 Å². The fraction of sp³-hybridized carbons (Fsp3) is 0.600. The Bertz CT molecular complexity index is 1040. The van der Waals surface area contributed by atoms with Crippen LogP contribution in [0.5, 0.6) is 5.75 Å². The lowest BCUT2D eigenvalue weighted by Crippen LogP contribution is -2.65. The Balaban J connectivity index is 1.20. The molecule has 0 amide bonds. The molecule has 33 heavy (non-hydrogen) atoms. The summed E-state index contributed by atoms with van der Waals surface area (Å²) < 4.78 is 21.5. The third kappa shape index (κ3) is 6.32. The number of aromatic amines is 1. The zero-order valence-electron chi connectivity index (χ0n) is 19.4. The Morgan fingerprint density at radius 3 is 2.61 bits per heavy atom. The maximum atomic E-state index is 14.2. The first-order valence-electron chi connectivity index (χ1n) is 12.1. The first kappa shape index (κ1) is 23.7. The number of nitrogens with zero attached hydrogens (tertiary/aromatic N) is 2. The van der Waals surface area contributed by atoms with Crippen LogP contribution in [0.3, 0.4) is 0 Å². The van der Waals surface area contributed by atoms with Crippen molar-refractivity contribution in [2.45, 2.75) is 57.0 Å². The second-order valence-electron chi connectivity index (χ2n) is 9.65. The standard InChI is InChI=1S/C25H35FN4O3/c1-29-17-25(18-29,20-9-10-21(26)22(15-20)33-16-19-7-8-19)27-12-5-3-2-4-6-13-30-14-11-23(31)28-24(30)32/h9-11,14-15,19,27H,2-8,12-13,16-18H2,1H3,(H,28,31,32). The summed E-state index contributed by atoms with van der Waals surface area (Å²) in [6.45, 7) is 3.93. The lowest BCUT2D eigenvalue weighted by Gasteiger charge is -2.50. The van der Waals surface area contributed by atoms with E-state index in [1.165, 1.54) is 25.0 Å².